The lowest BCUT2D eigenvalue weighted by molar-refractivity contribution is 0.0697. The zero-order chi connectivity index (χ0) is 25.7. The molecular formula is C28H24N2O5S. The molecule has 3 aromatic carbocycles. The molecule has 4 rings (SSSR count). The summed E-state index contributed by atoms with van der Waals surface area (Å²) >= 11 is 0. The molecule has 0 saturated carbocycles. The van der Waals surface area contributed by atoms with Gasteiger partial charge in [-0.2, -0.15) is 0 Å². The summed E-state index contributed by atoms with van der Waals surface area (Å²) in [5.74, 6) is 2.46. The maximum atomic E-state index is 13.6. The molecule has 8 heteroatoms. The van der Waals surface area contributed by atoms with E-state index in [1.54, 1.807) is 96.9 Å². The number of ether oxygens (including phenoxy) is 1. The van der Waals surface area contributed by atoms with E-state index < -0.39 is 16.0 Å². The van der Waals surface area contributed by atoms with Crippen molar-refractivity contribution >= 4 is 16.0 Å². The monoisotopic (exact) mass is 500 g/mol. The number of aryl methyl sites for hydroxylation is 1. The van der Waals surface area contributed by atoms with Gasteiger partial charge in [0.2, 0.25) is 0 Å². The summed E-state index contributed by atoms with van der Waals surface area (Å²) in [6.07, 6.45) is 3.43. The van der Waals surface area contributed by atoms with Crippen molar-refractivity contribution in [1.82, 2.24) is 8.87 Å². The Morgan fingerprint density at radius 2 is 1.64 bits per heavy atom. The predicted molar refractivity (Wildman–Crippen MR) is 137 cm³/mol. The number of aromatic nitrogens is 1. The highest BCUT2D eigenvalue weighted by Crippen LogP contribution is 2.22. The van der Waals surface area contributed by atoms with Crippen molar-refractivity contribution in [2.75, 3.05) is 7.11 Å². The van der Waals surface area contributed by atoms with Gasteiger partial charge in [-0.25, -0.2) is 17.5 Å². The molecule has 1 heterocycles. The second-order valence-corrected chi connectivity index (χ2v) is 9.87. The number of rotatable bonds is 7. The molecule has 0 spiro atoms. The van der Waals surface area contributed by atoms with Gasteiger partial charge in [0.1, 0.15) is 5.75 Å². The van der Waals surface area contributed by atoms with Gasteiger partial charge in [0.05, 0.1) is 35.4 Å². The van der Waals surface area contributed by atoms with Crippen LogP contribution in [0.2, 0.25) is 0 Å². The fourth-order valence-electron chi connectivity index (χ4n) is 3.62. The zero-order valence-corrected chi connectivity index (χ0v) is 20.6. The Hall–Kier alpha value is -4.48. The fourth-order valence-corrected chi connectivity index (χ4v) is 4.84. The molecule has 7 nitrogen and oxygen atoms in total. The summed E-state index contributed by atoms with van der Waals surface area (Å²) in [6, 6.07) is 24.7. The number of carbonyl (C=O) groups is 1. The highest BCUT2D eigenvalue weighted by atomic mass is 32.2. The van der Waals surface area contributed by atoms with Crippen molar-refractivity contribution < 1.29 is 23.1 Å². The van der Waals surface area contributed by atoms with Crippen molar-refractivity contribution in [3.8, 4) is 23.4 Å². The molecule has 36 heavy (non-hydrogen) atoms. The van der Waals surface area contributed by atoms with E-state index in [9.17, 15) is 18.3 Å². The van der Waals surface area contributed by atoms with Crippen LogP contribution in [0.25, 0.3) is 5.69 Å². The molecule has 0 aliphatic rings. The molecule has 4 aromatic rings. The molecule has 0 fully saturated rings. The Morgan fingerprint density at radius 3 is 2.25 bits per heavy atom. The minimum Gasteiger partial charge on any atom is -0.497 e. The van der Waals surface area contributed by atoms with Gasteiger partial charge < -0.3 is 14.4 Å². The van der Waals surface area contributed by atoms with Crippen molar-refractivity contribution in [3.05, 3.63) is 114 Å². The van der Waals surface area contributed by atoms with E-state index in [1.807, 2.05) is 6.92 Å². The minimum atomic E-state index is -3.99. The lowest BCUT2D eigenvalue weighted by Gasteiger charge is -2.19. The second-order valence-electron chi connectivity index (χ2n) is 8.01. The number of methoxy groups -OCH3 is 1. The van der Waals surface area contributed by atoms with E-state index in [4.69, 9.17) is 4.74 Å². The summed E-state index contributed by atoms with van der Waals surface area (Å²) in [6.45, 7) is 1.87. The predicted octanol–water partition coefficient (Wildman–Crippen LogP) is 4.69. The highest BCUT2D eigenvalue weighted by molar-refractivity contribution is 7.89. The van der Waals surface area contributed by atoms with E-state index in [1.165, 1.54) is 6.07 Å². The SMILES string of the molecule is COc1ccc(CN(C#Cc2cccc(C(=O)O)c2-n2cccc2)S(=O)(=O)c2ccc(C)cc2)cc1. The van der Waals surface area contributed by atoms with Crippen LogP contribution in [0.4, 0.5) is 0 Å². The third kappa shape index (κ3) is 5.27. The van der Waals surface area contributed by atoms with E-state index >= 15 is 0 Å². The molecular weight excluding hydrogens is 476 g/mol. The van der Waals surface area contributed by atoms with Gasteiger partial charge in [0.15, 0.2) is 0 Å². The molecule has 0 aliphatic heterocycles. The maximum absolute atomic E-state index is 13.6. The quantitative estimate of drug-likeness (QED) is 0.294. The van der Waals surface area contributed by atoms with Crippen LogP contribution in [0.15, 0.2) is 96.2 Å². The van der Waals surface area contributed by atoms with Gasteiger partial charge in [-0.15, -0.1) is 0 Å². The molecule has 0 amide bonds. The van der Waals surface area contributed by atoms with Crippen molar-refractivity contribution in [1.29, 1.82) is 0 Å². The number of hydrogen-bond acceptors (Lipinski definition) is 4. The zero-order valence-electron chi connectivity index (χ0n) is 19.8. The first-order valence-electron chi connectivity index (χ1n) is 11.0. The van der Waals surface area contributed by atoms with Gasteiger partial charge in [-0.3, -0.25) is 0 Å². The van der Waals surface area contributed by atoms with Gasteiger partial charge in [0, 0.05) is 18.4 Å². The fraction of sp³-hybridized carbons (Fsp3) is 0.107. The summed E-state index contributed by atoms with van der Waals surface area (Å²) < 4.78 is 35.1. The maximum Gasteiger partial charge on any atom is 0.337 e. The molecule has 0 atom stereocenters. The number of aromatic carboxylic acids is 1. The van der Waals surface area contributed by atoms with Crippen LogP contribution in [0.1, 0.15) is 27.0 Å². The molecule has 0 bridgehead atoms. The molecule has 182 valence electrons. The number of carboxylic acids is 1. The topological polar surface area (TPSA) is 88.8 Å². The Morgan fingerprint density at radius 1 is 0.972 bits per heavy atom. The number of hydrogen-bond donors (Lipinski definition) is 1. The molecule has 0 saturated heterocycles. The van der Waals surface area contributed by atoms with Crippen LogP contribution in [-0.2, 0) is 16.6 Å². The van der Waals surface area contributed by atoms with E-state index in [-0.39, 0.29) is 17.0 Å². The van der Waals surface area contributed by atoms with E-state index in [2.05, 4.69) is 12.0 Å². The standard InChI is InChI=1S/C28H24N2O5S/c1-21-8-14-25(15-9-21)36(33,34)30(20-22-10-12-24(35-2)13-11-22)19-16-23-6-5-7-26(28(31)32)27(23)29-17-3-4-18-29/h3-15,17-18H,20H2,1-2H3,(H,31,32). The Balaban J connectivity index is 1.82. The first-order chi connectivity index (χ1) is 17.3. The average Bonchev–Trinajstić information content (AvgIpc) is 3.41. The minimum absolute atomic E-state index is 0.00925. The molecule has 1 N–H and O–H groups in total. The Labute approximate surface area is 210 Å². The van der Waals surface area contributed by atoms with E-state index in [0.717, 1.165) is 9.87 Å². The molecule has 0 radical (unpaired) electrons. The van der Waals surface area contributed by atoms with Gasteiger partial charge in [0.25, 0.3) is 10.0 Å². The van der Waals surface area contributed by atoms with Crippen LogP contribution in [0, 0.1) is 18.9 Å². The Kier molecular flexibility index (Phi) is 7.13. The van der Waals surface area contributed by atoms with Crippen LogP contribution < -0.4 is 4.74 Å². The number of carboxylic acid groups (broad SMARTS) is 1. The number of benzene rings is 3. The lowest BCUT2D eigenvalue weighted by Crippen LogP contribution is -2.26. The third-order valence-electron chi connectivity index (χ3n) is 5.54. The van der Waals surface area contributed by atoms with Gasteiger partial charge in [-0.1, -0.05) is 35.9 Å². The van der Waals surface area contributed by atoms with Gasteiger partial charge in [-0.05, 0) is 66.9 Å². The van der Waals surface area contributed by atoms with Crippen LogP contribution in [0.3, 0.4) is 0 Å². The summed E-state index contributed by atoms with van der Waals surface area (Å²) in [5, 5.41) is 9.73. The summed E-state index contributed by atoms with van der Waals surface area (Å²) in [7, 11) is -2.43. The first kappa shape index (κ1) is 24.6. The van der Waals surface area contributed by atoms with Crippen LogP contribution >= 0.6 is 0 Å². The number of para-hydroxylation sites is 1. The molecule has 0 unspecified atom stereocenters. The third-order valence-corrected chi connectivity index (χ3v) is 7.21. The number of sulfonamides is 1. The largest absolute Gasteiger partial charge is 0.497 e. The van der Waals surface area contributed by atoms with Crippen molar-refractivity contribution in [3.63, 3.8) is 0 Å². The number of nitrogens with zero attached hydrogens (tertiary/aromatic N) is 2. The lowest BCUT2D eigenvalue weighted by atomic mass is 10.1. The van der Waals surface area contributed by atoms with Crippen LogP contribution in [-0.4, -0.2) is 35.5 Å². The van der Waals surface area contributed by atoms with E-state index in [0.29, 0.717) is 22.6 Å². The van der Waals surface area contributed by atoms with Gasteiger partial charge >= 0.3 is 5.97 Å². The smallest absolute Gasteiger partial charge is 0.337 e. The molecule has 1 aromatic heterocycles. The van der Waals surface area contributed by atoms with Crippen molar-refractivity contribution in [2.24, 2.45) is 0 Å². The summed E-state index contributed by atoms with van der Waals surface area (Å²) in [4.78, 5) is 12.0. The highest BCUT2D eigenvalue weighted by Gasteiger charge is 2.23. The average molecular weight is 501 g/mol. The molecule has 0 aliphatic carbocycles. The van der Waals surface area contributed by atoms with Crippen LogP contribution in [0.5, 0.6) is 5.75 Å². The Bertz CT molecular complexity index is 1530. The normalized spacial score (nSPS) is 10.8. The first-order valence-corrected chi connectivity index (χ1v) is 12.5. The van der Waals surface area contributed by atoms with Crippen molar-refractivity contribution in [2.45, 2.75) is 18.4 Å². The second kappa shape index (κ2) is 10.4. The summed E-state index contributed by atoms with van der Waals surface area (Å²) in [5.41, 5.74) is 2.44.